The van der Waals surface area contributed by atoms with Crippen LogP contribution >= 0.6 is 22.6 Å². The first kappa shape index (κ1) is 18.5. The summed E-state index contributed by atoms with van der Waals surface area (Å²) >= 11 is 2.12. The molecule has 2 rings (SSSR count). The molecule has 128 valence electrons. The van der Waals surface area contributed by atoms with E-state index in [1.807, 2.05) is 12.1 Å². The molecule has 0 saturated carbocycles. The lowest BCUT2D eigenvalue weighted by molar-refractivity contribution is -0.117. The standard InChI is InChI=1S/C17H19IN2O4/c1-22-15-8-11(7-14(18)16(15)23-2)6-12(9-19)17(21)20-10-13-4-3-5-24-13/h6-8,13H,3-5,10H2,1-2H3,(H,20,21)/b12-6+. The number of hydrogen-bond donors (Lipinski definition) is 1. The molecule has 1 aromatic rings. The van der Waals surface area contributed by atoms with Gasteiger partial charge in [0.2, 0.25) is 0 Å². The first-order chi connectivity index (χ1) is 11.6. The average Bonchev–Trinajstić information content (AvgIpc) is 3.10. The minimum Gasteiger partial charge on any atom is -0.493 e. The highest BCUT2D eigenvalue weighted by Gasteiger charge is 2.18. The molecule has 0 aliphatic carbocycles. The second-order valence-corrected chi connectivity index (χ2v) is 6.42. The van der Waals surface area contributed by atoms with Crippen molar-refractivity contribution < 1.29 is 19.0 Å². The number of nitrogens with zero attached hydrogens (tertiary/aromatic N) is 1. The molecule has 24 heavy (non-hydrogen) atoms. The molecule has 1 aliphatic rings. The topological polar surface area (TPSA) is 80.6 Å². The number of benzene rings is 1. The van der Waals surface area contributed by atoms with Gasteiger partial charge in [-0.15, -0.1) is 0 Å². The number of hydrogen-bond acceptors (Lipinski definition) is 5. The van der Waals surface area contributed by atoms with Crippen LogP contribution in [-0.4, -0.2) is 39.4 Å². The molecule has 7 heteroatoms. The third-order valence-corrected chi connectivity index (χ3v) is 4.45. The summed E-state index contributed by atoms with van der Waals surface area (Å²) in [6.45, 7) is 1.15. The molecule has 1 fully saturated rings. The Morgan fingerprint density at radius 3 is 2.88 bits per heavy atom. The third-order valence-electron chi connectivity index (χ3n) is 3.65. The molecule has 0 spiro atoms. The number of carbonyl (C=O) groups excluding carboxylic acids is 1. The zero-order valence-electron chi connectivity index (χ0n) is 13.6. The van der Waals surface area contributed by atoms with Gasteiger partial charge in [-0.05, 0) is 59.2 Å². The number of nitrogens with one attached hydrogen (secondary N) is 1. The predicted octanol–water partition coefficient (Wildman–Crippen LogP) is 2.51. The largest absolute Gasteiger partial charge is 0.493 e. The lowest BCUT2D eigenvalue weighted by Gasteiger charge is -2.11. The molecule has 1 saturated heterocycles. The second kappa shape index (κ2) is 8.89. The monoisotopic (exact) mass is 442 g/mol. The number of rotatable bonds is 6. The molecule has 1 heterocycles. The van der Waals surface area contributed by atoms with Gasteiger partial charge in [-0.25, -0.2) is 0 Å². The van der Waals surface area contributed by atoms with Crippen LogP contribution in [0.5, 0.6) is 11.5 Å². The Kier molecular flexibility index (Phi) is 6.87. The van der Waals surface area contributed by atoms with Gasteiger partial charge in [0.15, 0.2) is 11.5 Å². The Bertz CT molecular complexity index is 676. The van der Waals surface area contributed by atoms with Crippen molar-refractivity contribution in [1.29, 1.82) is 5.26 Å². The van der Waals surface area contributed by atoms with E-state index in [9.17, 15) is 10.1 Å². The van der Waals surface area contributed by atoms with Crippen molar-refractivity contribution in [3.8, 4) is 17.6 Å². The number of halogens is 1. The highest BCUT2D eigenvalue weighted by Crippen LogP contribution is 2.34. The molecule has 1 unspecified atom stereocenters. The highest BCUT2D eigenvalue weighted by molar-refractivity contribution is 14.1. The van der Waals surface area contributed by atoms with Crippen molar-refractivity contribution in [3.63, 3.8) is 0 Å². The number of carbonyl (C=O) groups is 1. The Labute approximate surface area is 154 Å². The minimum absolute atomic E-state index is 0.0379. The van der Waals surface area contributed by atoms with E-state index < -0.39 is 5.91 Å². The Hall–Kier alpha value is -1.79. The van der Waals surface area contributed by atoms with Crippen LogP contribution < -0.4 is 14.8 Å². The maximum absolute atomic E-state index is 12.2. The van der Waals surface area contributed by atoms with Crippen molar-refractivity contribution in [2.24, 2.45) is 0 Å². The maximum Gasteiger partial charge on any atom is 0.262 e. The third kappa shape index (κ3) is 4.61. The van der Waals surface area contributed by atoms with E-state index >= 15 is 0 Å². The number of nitriles is 1. The van der Waals surface area contributed by atoms with Crippen LogP contribution in [0.1, 0.15) is 18.4 Å². The molecule has 6 nitrogen and oxygen atoms in total. The lowest BCUT2D eigenvalue weighted by atomic mass is 10.1. The molecule has 1 N–H and O–H groups in total. The number of amides is 1. The van der Waals surface area contributed by atoms with E-state index in [1.54, 1.807) is 20.3 Å². The summed E-state index contributed by atoms with van der Waals surface area (Å²) in [6, 6.07) is 5.50. The predicted molar refractivity (Wildman–Crippen MR) is 97.8 cm³/mol. The first-order valence-corrected chi connectivity index (χ1v) is 8.60. The van der Waals surface area contributed by atoms with E-state index in [-0.39, 0.29) is 11.7 Å². The van der Waals surface area contributed by atoms with Crippen LogP contribution in [0.4, 0.5) is 0 Å². The van der Waals surface area contributed by atoms with E-state index in [0.717, 1.165) is 23.0 Å². The summed E-state index contributed by atoms with van der Waals surface area (Å²) in [6.07, 6.45) is 3.51. The zero-order chi connectivity index (χ0) is 17.5. The van der Waals surface area contributed by atoms with Crippen LogP contribution in [0.3, 0.4) is 0 Å². The average molecular weight is 442 g/mol. The van der Waals surface area contributed by atoms with Crippen LogP contribution in [-0.2, 0) is 9.53 Å². The molecule has 1 atom stereocenters. The summed E-state index contributed by atoms with van der Waals surface area (Å²) in [7, 11) is 3.11. The van der Waals surface area contributed by atoms with E-state index in [0.29, 0.717) is 23.6 Å². The summed E-state index contributed by atoms with van der Waals surface area (Å²) in [5, 5.41) is 12.0. The second-order valence-electron chi connectivity index (χ2n) is 5.25. The molecule has 0 aromatic heterocycles. The number of ether oxygens (including phenoxy) is 3. The summed E-state index contributed by atoms with van der Waals surface area (Å²) in [5.41, 5.74) is 0.733. The lowest BCUT2D eigenvalue weighted by Crippen LogP contribution is -2.32. The molecule has 0 bridgehead atoms. The molecule has 1 aromatic carbocycles. The van der Waals surface area contributed by atoms with Crippen molar-refractivity contribution >= 4 is 34.6 Å². The van der Waals surface area contributed by atoms with Gasteiger partial charge in [-0.1, -0.05) is 0 Å². The van der Waals surface area contributed by atoms with Gasteiger partial charge in [0.1, 0.15) is 11.6 Å². The fourth-order valence-corrected chi connectivity index (χ4v) is 3.29. The highest BCUT2D eigenvalue weighted by atomic mass is 127. The summed E-state index contributed by atoms with van der Waals surface area (Å²) < 4.78 is 16.9. The Balaban J connectivity index is 2.15. The van der Waals surface area contributed by atoms with Crippen molar-refractivity contribution in [2.45, 2.75) is 18.9 Å². The van der Waals surface area contributed by atoms with Crippen molar-refractivity contribution in [2.75, 3.05) is 27.4 Å². The quantitative estimate of drug-likeness (QED) is 0.416. The van der Waals surface area contributed by atoms with E-state index in [2.05, 4.69) is 27.9 Å². The van der Waals surface area contributed by atoms with Gasteiger partial charge in [0, 0.05) is 13.2 Å². The zero-order valence-corrected chi connectivity index (χ0v) is 15.8. The normalized spacial score (nSPS) is 17.2. The fourth-order valence-electron chi connectivity index (χ4n) is 2.44. The van der Waals surface area contributed by atoms with Crippen LogP contribution in [0.25, 0.3) is 6.08 Å². The van der Waals surface area contributed by atoms with E-state index in [1.165, 1.54) is 6.08 Å². The maximum atomic E-state index is 12.2. The van der Waals surface area contributed by atoms with E-state index in [4.69, 9.17) is 14.2 Å². The summed E-state index contributed by atoms with van der Waals surface area (Å²) in [4.78, 5) is 12.2. The molecule has 0 radical (unpaired) electrons. The van der Waals surface area contributed by atoms with Gasteiger partial charge in [0.25, 0.3) is 5.91 Å². The van der Waals surface area contributed by atoms with Crippen LogP contribution in [0.15, 0.2) is 17.7 Å². The van der Waals surface area contributed by atoms with Gasteiger partial charge in [-0.2, -0.15) is 5.26 Å². The SMILES string of the molecule is COc1cc(/C=C(\C#N)C(=O)NCC2CCCO2)cc(I)c1OC. The van der Waals surface area contributed by atoms with Crippen LogP contribution in [0, 0.1) is 14.9 Å². The first-order valence-electron chi connectivity index (χ1n) is 7.52. The molecule has 1 aliphatic heterocycles. The minimum atomic E-state index is -0.405. The van der Waals surface area contributed by atoms with Crippen molar-refractivity contribution in [1.82, 2.24) is 5.32 Å². The van der Waals surface area contributed by atoms with Gasteiger partial charge >= 0.3 is 0 Å². The Morgan fingerprint density at radius 2 is 2.29 bits per heavy atom. The van der Waals surface area contributed by atoms with Gasteiger partial charge in [0.05, 0.1) is 23.9 Å². The summed E-state index contributed by atoms with van der Waals surface area (Å²) in [5.74, 6) is 0.766. The fraction of sp³-hybridized carbons (Fsp3) is 0.412. The van der Waals surface area contributed by atoms with Gasteiger partial charge in [-0.3, -0.25) is 4.79 Å². The molecule has 1 amide bonds. The number of methoxy groups -OCH3 is 2. The Morgan fingerprint density at radius 1 is 1.50 bits per heavy atom. The molecular weight excluding hydrogens is 423 g/mol. The smallest absolute Gasteiger partial charge is 0.262 e. The molecular formula is C17H19IN2O4. The van der Waals surface area contributed by atoms with Crippen LogP contribution in [0.2, 0.25) is 0 Å². The van der Waals surface area contributed by atoms with Gasteiger partial charge < -0.3 is 19.5 Å². The van der Waals surface area contributed by atoms with Crippen molar-refractivity contribution in [3.05, 3.63) is 26.8 Å².